The second kappa shape index (κ2) is 9.88. The number of carbonyl (C=O) groups is 1. The van der Waals surface area contributed by atoms with Crippen LogP contribution in [0, 0.1) is 6.92 Å². The Bertz CT molecular complexity index is 1380. The maximum Gasteiger partial charge on any atom is 0.255 e. The molecule has 10 heteroatoms. The van der Waals surface area contributed by atoms with E-state index >= 15 is 0 Å². The monoisotopic (exact) mass is 485 g/mol. The van der Waals surface area contributed by atoms with Crippen LogP contribution >= 0.6 is 0 Å². The van der Waals surface area contributed by atoms with Crippen LogP contribution in [-0.2, 0) is 20.0 Å². The lowest BCUT2D eigenvalue weighted by atomic mass is 10.1. The quantitative estimate of drug-likeness (QED) is 0.445. The normalized spacial score (nSPS) is 11.8. The smallest absolute Gasteiger partial charge is 0.255 e. The number of hydrogen-bond acceptors (Lipinski definition) is 5. The molecule has 0 bridgehead atoms. The van der Waals surface area contributed by atoms with Crippen LogP contribution in [0.2, 0.25) is 0 Å². The number of aryl methyl sites for hydroxylation is 1. The number of nitrogens with one attached hydrogen (secondary N) is 3. The predicted molar refractivity (Wildman–Crippen MR) is 132 cm³/mol. The van der Waals surface area contributed by atoms with Gasteiger partial charge in [0.05, 0.1) is 17.4 Å². The second-order valence-electron chi connectivity index (χ2n) is 7.30. The van der Waals surface area contributed by atoms with E-state index in [-0.39, 0.29) is 0 Å². The molecule has 3 N–H and O–H groups in total. The molecular weight excluding hydrogens is 462 g/mol. The number of rotatable bonds is 8. The molecule has 0 fully saturated rings. The van der Waals surface area contributed by atoms with E-state index in [4.69, 9.17) is 0 Å². The molecule has 0 aliphatic heterocycles. The van der Waals surface area contributed by atoms with E-state index in [2.05, 4.69) is 14.8 Å². The molecule has 3 rings (SSSR count). The predicted octanol–water partition coefficient (Wildman–Crippen LogP) is 4.03. The van der Waals surface area contributed by atoms with Gasteiger partial charge in [-0.25, -0.2) is 16.8 Å². The van der Waals surface area contributed by atoms with Gasteiger partial charge < -0.3 is 5.32 Å². The minimum Gasteiger partial charge on any atom is -0.322 e. The van der Waals surface area contributed by atoms with Crippen molar-refractivity contribution in [3.8, 4) is 0 Å². The Balaban J connectivity index is 1.67. The van der Waals surface area contributed by atoms with Gasteiger partial charge in [-0.05, 0) is 60.5 Å². The third kappa shape index (κ3) is 7.48. The highest BCUT2D eigenvalue weighted by molar-refractivity contribution is 7.95. The summed E-state index contributed by atoms with van der Waals surface area (Å²) in [6.07, 6.45) is 2.53. The Morgan fingerprint density at radius 3 is 2.09 bits per heavy atom. The van der Waals surface area contributed by atoms with Crippen LogP contribution in [0.3, 0.4) is 0 Å². The van der Waals surface area contributed by atoms with Crippen LogP contribution in [0.15, 0.2) is 78.2 Å². The van der Waals surface area contributed by atoms with Crippen molar-refractivity contribution >= 4 is 49.1 Å². The number of carbonyl (C=O) groups excluding carboxylic acids is 1. The molecule has 0 saturated carbocycles. The molecule has 8 nitrogen and oxygen atoms in total. The van der Waals surface area contributed by atoms with E-state index in [9.17, 15) is 21.6 Å². The molecule has 0 radical (unpaired) electrons. The van der Waals surface area contributed by atoms with E-state index in [1.807, 2.05) is 18.2 Å². The van der Waals surface area contributed by atoms with Crippen molar-refractivity contribution in [1.29, 1.82) is 0 Å². The summed E-state index contributed by atoms with van der Waals surface area (Å²) < 4.78 is 52.4. The van der Waals surface area contributed by atoms with Crippen molar-refractivity contribution in [2.24, 2.45) is 0 Å². The van der Waals surface area contributed by atoms with Gasteiger partial charge in [0.15, 0.2) is 0 Å². The average molecular weight is 486 g/mol. The Morgan fingerprint density at radius 2 is 1.45 bits per heavy atom. The van der Waals surface area contributed by atoms with E-state index in [1.54, 1.807) is 31.2 Å². The van der Waals surface area contributed by atoms with Crippen LogP contribution < -0.4 is 14.8 Å². The van der Waals surface area contributed by atoms with Gasteiger partial charge in [-0.15, -0.1) is 0 Å². The summed E-state index contributed by atoms with van der Waals surface area (Å²) in [6.45, 7) is 1.74. The first-order chi connectivity index (χ1) is 15.5. The molecule has 0 unspecified atom stereocenters. The standard InChI is InChI=1S/C23H23N3O5S2/c1-17-8-11-21(16-22(17)26-32(2,28)29)24-23(27)19-9-12-20(13-10-19)25-33(30,31)15-14-18-6-4-3-5-7-18/h3-16,25-26H,1-2H3,(H,24,27)/b15-14+. The summed E-state index contributed by atoms with van der Waals surface area (Å²) in [5.41, 5.74) is 2.84. The number of anilines is 3. The van der Waals surface area contributed by atoms with E-state index in [0.717, 1.165) is 17.2 Å². The molecule has 0 atom stereocenters. The highest BCUT2D eigenvalue weighted by Crippen LogP contribution is 2.22. The van der Waals surface area contributed by atoms with Gasteiger partial charge in [-0.1, -0.05) is 36.4 Å². The Hall–Kier alpha value is -3.63. The molecule has 0 heterocycles. The lowest BCUT2D eigenvalue weighted by molar-refractivity contribution is 0.102. The number of hydrogen-bond donors (Lipinski definition) is 3. The molecule has 172 valence electrons. The second-order valence-corrected chi connectivity index (χ2v) is 10.6. The van der Waals surface area contributed by atoms with Gasteiger partial charge in [0.2, 0.25) is 10.0 Å². The molecule has 33 heavy (non-hydrogen) atoms. The largest absolute Gasteiger partial charge is 0.322 e. The molecule has 0 saturated heterocycles. The Kier molecular flexibility index (Phi) is 7.19. The third-order valence-electron chi connectivity index (χ3n) is 4.44. The van der Waals surface area contributed by atoms with Gasteiger partial charge in [0.25, 0.3) is 15.9 Å². The van der Waals surface area contributed by atoms with Crippen LogP contribution in [0.5, 0.6) is 0 Å². The zero-order chi connectivity index (χ0) is 24.1. The number of benzene rings is 3. The van der Waals surface area contributed by atoms with Crippen LogP contribution in [-0.4, -0.2) is 29.0 Å². The van der Waals surface area contributed by atoms with Gasteiger partial charge in [-0.2, -0.15) is 0 Å². The van der Waals surface area contributed by atoms with Crippen LogP contribution in [0.25, 0.3) is 6.08 Å². The summed E-state index contributed by atoms with van der Waals surface area (Å²) in [5.74, 6) is -0.428. The highest BCUT2D eigenvalue weighted by Gasteiger charge is 2.11. The lowest BCUT2D eigenvalue weighted by Gasteiger charge is -2.11. The fraction of sp³-hybridized carbons (Fsp3) is 0.0870. The number of sulfonamides is 2. The van der Waals surface area contributed by atoms with E-state index in [0.29, 0.717) is 28.2 Å². The van der Waals surface area contributed by atoms with Crippen molar-refractivity contribution in [1.82, 2.24) is 0 Å². The van der Waals surface area contributed by atoms with Crippen LogP contribution in [0.1, 0.15) is 21.5 Å². The molecule has 0 aromatic heterocycles. The van der Waals surface area contributed by atoms with E-state index in [1.165, 1.54) is 36.4 Å². The third-order valence-corrected chi connectivity index (χ3v) is 6.04. The first-order valence-electron chi connectivity index (χ1n) is 9.77. The lowest BCUT2D eigenvalue weighted by Crippen LogP contribution is -2.14. The molecule has 0 spiro atoms. The Labute approximate surface area is 193 Å². The summed E-state index contributed by atoms with van der Waals surface area (Å²) >= 11 is 0. The first kappa shape index (κ1) is 24.0. The zero-order valence-electron chi connectivity index (χ0n) is 17.9. The average Bonchev–Trinajstić information content (AvgIpc) is 2.75. The number of amides is 1. The van der Waals surface area contributed by atoms with Crippen molar-refractivity contribution in [2.75, 3.05) is 21.0 Å². The maximum absolute atomic E-state index is 12.6. The van der Waals surface area contributed by atoms with Crippen molar-refractivity contribution in [3.63, 3.8) is 0 Å². The fourth-order valence-electron chi connectivity index (χ4n) is 2.83. The minimum atomic E-state index is -3.73. The molecule has 3 aromatic rings. The Morgan fingerprint density at radius 1 is 0.818 bits per heavy atom. The van der Waals surface area contributed by atoms with Crippen molar-refractivity contribution < 1.29 is 21.6 Å². The van der Waals surface area contributed by atoms with Crippen LogP contribution in [0.4, 0.5) is 17.1 Å². The molecule has 3 aromatic carbocycles. The van der Waals surface area contributed by atoms with E-state index < -0.39 is 26.0 Å². The highest BCUT2D eigenvalue weighted by atomic mass is 32.2. The topological polar surface area (TPSA) is 121 Å². The maximum atomic E-state index is 12.6. The van der Waals surface area contributed by atoms with Gasteiger partial charge >= 0.3 is 0 Å². The fourth-order valence-corrected chi connectivity index (χ4v) is 4.32. The van der Waals surface area contributed by atoms with Crippen molar-refractivity contribution in [2.45, 2.75) is 6.92 Å². The molecular formula is C23H23N3O5S2. The SMILES string of the molecule is Cc1ccc(NC(=O)c2ccc(NS(=O)(=O)/C=C/c3ccccc3)cc2)cc1NS(C)(=O)=O. The zero-order valence-corrected chi connectivity index (χ0v) is 19.6. The van der Waals surface area contributed by atoms with Gasteiger partial charge in [0.1, 0.15) is 0 Å². The van der Waals surface area contributed by atoms with Crippen molar-refractivity contribution in [3.05, 3.63) is 94.9 Å². The summed E-state index contributed by atoms with van der Waals surface area (Å²) in [4.78, 5) is 12.6. The van der Waals surface area contributed by atoms with Gasteiger partial charge in [0, 0.05) is 16.9 Å². The minimum absolute atomic E-state index is 0.302. The first-order valence-corrected chi connectivity index (χ1v) is 13.2. The molecule has 0 aliphatic rings. The molecule has 0 aliphatic carbocycles. The summed E-state index contributed by atoms with van der Waals surface area (Å²) in [6, 6.07) is 19.8. The van der Waals surface area contributed by atoms with Gasteiger partial charge in [-0.3, -0.25) is 14.2 Å². The molecule has 1 amide bonds. The summed E-state index contributed by atoms with van der Waals surface area (Å²) in [7, 11) is -7.19. The summed E-state index contributed by atoms with van der Waals surface area (Å²) in [5, 5.41) is 3.77.